The maximum atomic E-state index is 12.3. The molecule has 114 valence electrons. The van der Waals surface area contributed by atoms with Crippen LogP contribution in [0.15, 0.2) is 24.3 Å². The largest absolute Gasteiger partial charge is 0.351 e. The summed E-state index contributed by atoms with van der Waals surface area (Å²) in [5, 5.41) is 4.17. The molecule has 1 amide bonds. The molecule has 0 bridgehead atoms. The lowest BCUT2D eigenvalue weighted by Crippen LogP contribution is -2.32. The number of benzene rings is 1. The Kier molecular flexibility index (Phi) is 5.43. The highest BCUT2D eigenvalue weighted by atomic mass is 16.1. The normalized spacial score (nSPS) is 12.5. The molecule has 3 nitrogen and oxygen atoms in total. The average molecular weight is 286 g/mol. The van der Waals surface area contributed by atoms with E-state index in [1.54, 1.807) is 0 Å². The van der Waals surface area contributed by atoms with Crippen LogP contribution in [-0.4, -0.2) is 16.9 Å². The molecule has 21 heavy (non-hydrogen) atoms. The van der Waals surface area contributed by atoms with Crippen molar-refractivity contribution in [2.24, 2.45) is 0 Å². The monoisotopic (exact) mass is 286 g/mol. The predicted molar refractivity (Wildman–Crippen MR) is 88.7 cm³/mol. The Balaban J connectivity index is 1.92. The van der Waals surface area contributed by atoms with Gasteiger partial charge in [0.1, 0.15) is 5.69 Å². The highest BCUT2D eigenvalue weighted by molar-refractivity contribution is 5.98. The van der Waals surface area contributed by atoms with Gasteiger partial charge in [-0.15, -0.1) is 0 Å². The van der Waals surface area contributed by atoms with Crippen molar-refractivity contribution < 1.29 is 4.79 Å². The number of fused-ring (bicyclic) bond motifs is 1. The average Bonchev–Trinajstić information content (AvgIpc) is 2.86. The first kappa shape index (κ1) is 15.6. The summed E-state index contributed by atoms with van der Waals surface area (Å²) in [5.41, 5.74) is 2.87. The first-order valence-electron chi connectivity index (χ1n) is 8.00. The number of aryl methyl sites for hydroxylation is 1. The minimum Gasteiger partial charge on any atom is -0.351 e. The molecular formula is C18H26N2O. The smallest absolute Gasteiger partial charge is 0.267 e. The number of amides is 1. The maximum absolute atomic E-state index is 12.3. The van der Waals surface area contributed by atoms with Crippen LogP contribution in [0.4, 0.5) is 0 Å². The lowest BCUT2D eigenvalue weighted by Gasteiger charge is -2.12. The van der Waals surface area contributed by atoms with Gasteiger partial charge in [-0.3, -0.25) is 4.79 Å². The molecule has 0 saturated heterocycles. The van der Waals surface area contributed by atoms with Crippen molar-refractivity contribution in [3.8, 4) is 0 Å². The van der Waals surface area contributed by atoms with Crippen LogP contribution in [0.2, 0.25) is 0 Å². The van der Waals surface area contributed by atoms with Crippen LogP contribution in [-0.2, 0) is 0 Å². The minimum absolute atomic E-state index is 0.00755. The highest BCUT2D eigenvalue weighted by Crippen LogP contribution is 2.17. The third-order valence-corrected chi connectivity index (χ3v) is 3.89. The fraction of sp³-hybridized carbons (Fsp3) is 0.500. The van der Waals surface area contributed by atoms with E-state index in [0.717, 1.165) is 17.3 Å². The van der Waals surface area contributed by atoms with Crippen LogP contribution in [0, 0.1) is 6.92 Å². The van der Waals surface area contributed by atoms with E-state index in [9.17, 15) is 4.79 Å². The van der Waals surface area contributed by atoms with Gasteiger partial charge >= 0.3 is 0 Å². The summed E-state index contributed by atoms with van der Waals surface area (Å²) in [6.45, 7) is 6.35. The molecule has 2 aromatic rings. The van der Waals surface area contributed by atoms with Gasteiger partial charge < -0.3 is 10.3 Å². The van der Waals surface area contributed by atoms with Crippen LogP contribution in [0.5, 0.6) is 0 Å². The molecule has 2 rings (SSSR count). The molecule has 0 radical (unpaired) electrons. The third-order valence-electron chi connectivity index (χ3n) is 3.89. The van der Waals surface area contributed by atoms with Crippen molar-refractivity contribution in [2.45, 2.75) is 58.9 Å². The molecule has 0 saturated carbocycles. The summed E-state index contributed by atoms with van der Waals surface area (Å²) in [7, 11) is 0. The highest BCUT2D eigenvalue weighted by Gasteiger charge is 2.12. The number of rotatable bonds is 7. The number of unbranched alkanes of at least 4 members (excludes halogenated alkanes) is 3. The molecule has 3 heteroatoms. The standard InChI is InChI=1S/C18H26N2O/c1-4-5-6-7-8-14(3)19-18(21)17-12-15-11-13(2)9-10-16(15)20-17/h9-12,14,20H,4-8H2,1-3H3,(H,19,21). The molecule has 0 aliphatic carbocycles. The van der Waals surface area contributed by atoms with Crippen LogP contribution in [0.1, 0.15) is 62.0 Å². The van der Waals surface area contributed by atoms with E-state index in [-0.39, 0.29) is 11.9 Å². The number of nitrogens with one attached hydrogen (secondary N) is 2. The van der Waals surface area contributed by atoms with E-state index in [0.29, 0.717) is 5.69 Å². The van der Waals surface area contributed by atoms with Crippen LogP contribution >= 0.6 is 0 Å². The van der Waals surface area contributed by atoms with E-state index in [1.807, 2.05) is 12.1 Å². The topological polar surface area (TPSA) is 44.9 Å². The second-order valence-electron chi connectivity index (χ2n) is 6.00. The van der Waals surface area contributed by atoms with Crippen molar-refractivity contribution >= 4 is 16.8 Å². The molecule has 0 spiro atoms. The van der Waals surface area contributed by atoms with Crippen molar-refractivity contribution in [3.63, 3.8) is 0 Å². The van der Waals surface area contributed by atoms with Gasteiger partial charge in [0, 0.05) is 16.9 Å². The summed E-state index contributed by atoms with van der Waals surface area (Å²) >= 11 is 0. The third kappa shape index (κ3) is 4.35. The van der Waals surface area contributed by atoms with Crippen molar-refractivity contribution in [1.29, 1.82) is 0 Å². The fourth-order valence-electron chi connectivity index (χ4n) is 2.63. The SMILES string of the molecule is CCCCCCC(C)NC(=O)c1cc2cc(C)ccc2[nH]1. The molecule has 1 aromatic heterocycles. The number of H-pyrrole nitrogens is 1. The van der Waals surface area contributed by atoms with E-state index < -0.39 is 0 Å². The zero-order chi connectivity index (χ0) is 15.2. The molecule has 1 aromatic carbocycles. The quantitative estimate of drug-likeness (QED) is 0.720. The molecule has 0 fully saturated rings. The molecule has 0 aliphatic rings. The maximum Gasteiger partial charge on any atom is 0.267 e. The summed E-state index contributed by atoms with van der Waals surface area (Å²) in [6.07, 6.45) is 6.01. The number of hydrogen-bond acceptors (Lipinski definition) is 1. The van der Waals surface area contributed by atoms with Gasteiger partial charge in [-0.1, -0.05) is 44.2 Å². The molecule has 1 unspecified atom stereocenters. The zero-order valence-corrected chi connectivity index (χ0v) is 13.3. The molecule has 2 N–H and O–H groups in total. The Labute approximate surface area is 127 Å². The van der Waals surface area contributed by atoms with Gasteiger partial charge in [-0.25, -0.2) is 0 Å². The summed E-state index contributed by atoms with van der Waals surface area (Å²) < 4.78 is 0. The number of aromatic nitrogens is 1. The van der Waals surface area contributed by atoms with Gasteiger partial charge in [-0.2, -0.15) is 0 Å². The summed E-state index contributed by atoms with van der Waals surface area (Å²) in [5.74, 6) is -0.00755. The number of carbonyl (C=O) groups is 1. The van der Waals surface area contributed by atoms with Crippen LogP contribution < -0.4 is 5.32 Å². The van der Waals surface area contributed by atoms with Crippen molar-refractivity contribution in [2.75, 3.05) is 0 Å². The lowest BCUT2D eigenvalue weighted by atomic mass is 10.1. The number of carbonyl (C=O) groups excluding carboxylic acids is 1. The lowest BCUT2D eigenvalue weighted by molar-refractivity contribution is 0.0933. The van der Waals surface area contributed by atoms with Crippen molar-refractivity contribution in [1.82, 2.24) is 10.3 Å². The van der Waals surface area contributed by atoms with Crippen LogP contribution in [0.25, 0.3) is 10.9 Å². The first-order valence-corrected chi connectivity index (χ1v) is 8.00. The van der Waals surface area contributed by atoms with E-state index in [1.165, 1.54) is 31.2 Å². The van der Waals surface area contributed by atoms with Gasteiger partial charge in [0.25, 0.3) is 5.91 Å². The Morgan fingerprint density at radius 3 is 2.81 bits per heavy atom. The Morgan fingerprint density at radius 1 is 1.24 bits per heavy atom. The molecule has 1 heterocycles. The second-order valence-corrected chi connectivity index (χ2v) is 6.00. The fourth-order valence-corrected chi connectivity index (χ4v) is 2.63. The Morgan fingerprint density at radius 2 is 2.05 bits per heavy atom. The van der Waals surface area contributed by atoms with E-state index in [4.69, 9.17) is 0 Å². The Hall–Kier alpha value is -1.77. The first-order chi connectivity index (χ1) is 10.1. The summed E-state index contributed by atoms with van der Waals surface area (Å²) in [6, 6.07) is 8.33. The predicted octanol–water partition coefficient (Wildman–Crippen LogP) is 4.57. The van der Waals surface area contributed by atoms with E-state index in [2.05, 4.69) is 43.2 Å². The second kappa shape index (κ2) is 7.30. The van der Waals surface area contributed by atoms with E-state index >= 15 is 0 Å². The Bertz CT molecular complexity index is 600. The van der Waals surface area contributed by atoms with Gasteiger partial charge in [0.2, 0.25) is 0 Å². The van der Waals surface area contributed by atoms with Gasteiger partial charge in [0.15, 0.2) is 0 Å². The molecule has 1 atom stereocenters. The van der Waals surface area contributed by atoms with Gasteiger partial charge in [0.05, 0.1) is 0 Å². The summed E-state index contributed by atoms with van der Waals surface area (Å²) in [4.78, 5) is 15.4. The van der Waals surface area contributed by atoms with Crippen LogP contribution in [0.3, 0.4) is 0 Å². The number of aromatic amines is 1. The molecular weight excluding hydrogens is 260 g/mol. The molecule has 0 aliphatic heterocycles. The van der Waals surface area contributed by atoms with Crippen molar-refractivity contribution in [3.05, 3.63) is 35.5 Å². The number of hydrogen-bond donors (Lipinski definition) is 2. The van der Waals surface area contributed by atoms with Gasteiger partial charge in [-0.05, 0) is 38.5 Å². The minimum atomic E-state index is -0.00755. The zero-order valence-electron chi connectivity index (χ0n) is 13.3.